The number of carboxylic acids is 1. The maximum absolute atomic E-state index is 11.5. The van der Waals surface area contributed by atoms with Crippen molar-refractivity contribution < 1.29 is 25.2 Å². The van der Waals surface area contributed by atoms with Crippen LogP contribution in [-0.2, 0) is 13.0 Å². The van der Waals surface area contributed by atoms with Gasteiger partial charge < -0.3 is 25.7 Å². The molecule has 130 valence electrons. The first-order chi connectivity index (χ1) is 11.0. The number of aryl methyl sites for hydroxylation is 1. The maximum Gasteiger partial charge on any atom is 0.356 e. The van der Waals surface area contributed by atoms with Crippen molar-refractivity contribution in [2.75, 3.05) is 6.61 Å². The molecular weight excluding hydrogens is 304 g/mol. The van der Waals surface area contributed by atoms with E-state index in [2.05, 4.69) is 22.6 Å². The van der Waals surface area contributed by atoms with Crippen LogP contribution in [-0.4, -0.2) is 72.3 Å². The summed E-state index contributed by atoms with van der Waals surface area (Å²) >= 11 is 0. The third-order valence-electron chi connectivity index (χ3n) is 4.19. The number of aliphatic hydroxyl groups is 3. The molecule has 1 aromatic heterocycles. The van der Waals surface area contributed by atoms with Crippen molar-refractivity contribution in [3.8, 4) is 0 Å². The van der Waals surface area contributed by atoms with Crippen molar-refractivity contribution in [2.45, 2.75) is 63.4 Å². The van der Waals surface area contributed by atoms with Gasteiger partial charge in [-0.1, -0.05) is 25.0 Å². The summed E-state index contributed by atoms with van der Waals surface area (Å²) in [5.74, 6) is -1.12. The maximum atomic E-state index is 11.5. The SMILES string of the molecule is CCCCCc1nnn(C[C@H]2N[C@H](CO)[C@@H](O)[C@@H]2O)c1C(=O)O. The van der Waals surface area contributed by atoms with Crippen LogP contribution in [0.1, 0.15) is 42.4 Å². The number of aromatic nitrogens is 3. The first-order valence-corrected chi connectivity index (χ1v) is 7.88. The largest absolute Gasteiger partial charge is 0.476 e. The molecule has 0 aliphatic carbocycles. The smallest absolute Gasteiger partial charge is 0.356 e. The Morgan fingerprint density at radius 2 is 1.96 bits per heavy atom. The molecular formula is C14H24N4O5. The summed E-state index contributed by atoms with van der Waals surface area (Å²) in [5, 5.41) is 49.1. The van der Waals surface area contributed by atoms with E-state index in [-0.39, 0.29) is 18.8 Å². The second-order valence-corrected chi connectivity index (χ2v) is 5.87. The zero-order chi connectivity index (χ0) is 17.0. The minimum atomic E-state index is -1.12. The number of nitrogens with zero attached hydrogens (tertiary/aromatic N) is 3. The van der Waals surface area contributed by atoms with E-state index >= 15 is 0 Å². The lowest BCUT2D eigenvalue weighted by Crippen LogP contribution is -2.39. The van der Waals surface area contributed by atoms with Gasteiger partial charge in [-0.15, -0.1) is 5.10 Å². The van der Waals surface area contributed by atoms with Crippen molar-refractivity contribution in [2.24, 2.45) is 0 Å². The van der Waals surface area contributed by atoms with Crippen LogP contribution in [0.25, 0.3) is 0 Å². The average molecular weight is 328 g/mol. The molecule has 4 atom stereocenters. The molecule has 2 heterocycles. The van der Waals surface area contributed by atoms with Crippen molar-refractivity contribution in [1.82, 2.24) is 20.3 Å². The lowest BCUT2D eigenvalue weighted by molar-refractivity contribution is 0.0174. The highest BCUT2D eigenvalue weighted by atomic mass is 16.4. The number of hydrogen-bond donors (Lipinski definition) is 5. The molecule has 9 nitrogen and oxygen atoms in total. The summed E-state index contributed by atoms with van der Waals surface area (Å²) in [7, 11) is 0. The Morgan fingerprint density at radius 1 is 1.26 bits per heavy atom. The normalized spacial score (nSPS) is 27.5. The van der Waals surface area contributed by atoms with E-state index in [0.717, 1.165) is 19.3 Å². The predicted molar refractivity (Wildman–Crippen MR) is 80.0 cm³/mol. The van der Waals surface area contributed by atoms with E-state index in [1.54, 1.807) is 0 Å². The minimum absolute atomic E-state index is 0.0111. The van der Waals surface area contributed by atoms with Gasteiger partial charge in [-0.3, -0.25) is 0 Å². The summed E-state index contributed by atoms with van der Waals surface area (Å²) in [6.45, 7) is 1.79. The monoisotopic (exact) mass is 328 g/mol. The van der Waals surface area contributed by atoms with Crippen molar-refractivity contribution in [3.05, 3.63) is 11.4 Å². The number of nitrogens with one attached hydrogen (secondary N) is 1. The molecule has 5 N–H and O–H groups in total. The Morgan fingerprint density at radius 3 is 2.52 bits per heavy atom. The Hall–Kier alpha value is -1.55. The van der Waals surface area contributed by atoms with Gasteiger partial charge in [-0.2, -0.15) is 0 Å². The van der Waals surface area contributed by atoms with Crippen LogP contribution in [0, 0.1) is 0 Å². The topological polar surface area (TPSA) is 141 Å². The Kier molecular flexibility index (Phi) is 6.05. The number of carboxylic acid groups (broad SMARTS) is 1. The van der Waals surface area contributed by atoms with Gasteiger partial charge in [-0.05, 0) is 12.8 Å². The standard InChI is InChI=1S/C14H24N4O5/c1-2-3-4-5-8-11(14(22)23)18(17-16-8)6-9-12(20)13(21)10(7-19)15-9/h9-10,12-13,15,19-21H,2-7H2,1H3,(H,22,23)/t9-,10-,12-,13-/m1/s1. The molecule has 0 unspecified atom stereocenters. The molecule has 0 radical (unpaired) electrons. The molecule has 0 aromatic carbocycles. The fraction of sp³-hybridized carbons (Fsp3) is 0.786. The Labute approximate surface area is 133 Å². The van der Waals surface area contributed by atoms with Gasteiger partial charge in [-0.25, -0.2) is 9.48 Å². The van der Waals surface area contributed by atoms with Crippen LogP contribution < -0.4 is 5.32 Å². The van der Waals surface area contributed by atoms with Crippen molar-refractivity contribution in [3.63, 3.8) is 0 Å². The first kappa shape index (κ1) is 17.8. The van der Waals surface area contributed by atoms with Gasteiger partial charge in [0.15, 0.2) is 5.69 Å². The molecule has 1 fully saturated rings. The highest BCUT2D eigenvalue weighted by Gasteiger charge is 2.41. The molecule has 0 spiro atoms. The lowest BCUT2D eigenvalue weighted by Gasteiger charge is -2.16. The lowest BCUT2D eigenvalue weighted by atomic mass is 10.1. The Bertz CT molecular complexity index is 535. The molecule has 2 rings (SSSR count). The van der Waals surface area contributed by atoms with Crippen LogP contribution >= 0.6 is 0 Å². The summed E-state index contributed by atoms with van der Waals surface area (Å²) in [6.07, 6.45) is 1.17. The average Bonchev–Trinajstić information content (AvgIpc) is 3.04. The van der Waals surface area contributed by atoms with E-state index in [9.17, 15) is 20.1 Å². The third kappa shape index (κ3) is 3.86. The van der Waals surface area contributed by atoms with Gasteiger partial charge in [0, 0.05) is 0 Å². The number of carbonyl (C=O) groups is 1. The van der Waals surface area contributed by atoms with Gasteiger partial charge >= 0.3 is 5.97 Å². The van der Waals surface area contributed by atoms with Crippen molar-refractivity contribution in [1.29, 1.82) is 0 Å². The van der Waals surface area contributed by atoms with E-state index in [1.165, 1.54) is 4.68 Å². The van der Waals surface area contributed by atoms with Crippen LogP contribution in [0.15, 0.2) is 0 Å². The number of aliphatic hydroxyl groups excluding tert-OH is 3. The highest BCUT2D eigenvalue weighted by molar-refractivity contribution is 5.86. The summed E-state index contributed by atoms with van der Waals surface area (Å²) in [4.78, 5) is 11.5. The molecule has 1 aliphatic heterocycles. The number of unbranched alkanes of at least 4 members (excludes halogenated alkanes) is 2. The van der Waals surface area contributed by atoms with Gasteiger partial charge in [0.25, 0.3) is 0 Å². The molecule has 9 heteroatoms. The van der Waals surface area contributed by atoms with E-state index in [0.29, 0.717) is 12.1 Å². The molecule has 23 heavy (non-hydrogen) atoms. The predicted octanol–water partition coefficient (Wildman–Crippen LogP) is -1.24. The van der Waals surface area contributed by atoms with Gasteiger partial charge in [0.2, 0.25) is 0 Å². The first-order valence-electron chi connectivity index (χ1n) is 7.88. The van der Waals surface area contributed by atoms with Crippen molar-refractivity contribution >= 4 is 5.97 Å². The molecule has 1 aliphatic rings. The number of aromatic carboxylic acids is 1. The second-order valence-electron chi connectivity index (χ2n) is 5.87. The zero-order valence-corrected chi connectivity index (χ0v) is 13.1. The third-order valence-corrected chi connectivity index (χ3v) is 4.19. The van der Waals surface area contributed by atoms with Crippen LogP contribution in [0.3, 0.4) is 0 Å². The van der Waals surface area contributed by atoms with Crippen LogP contribution in [0.5, 0.6) is 0 Å². The Balaban J connectivity index is 2.12. The highest BCUT2D eigenvalue weighted by Crippen LogP contribution is 2.18. The molecule has 0 amide bonds. The van der Waals surface area contributed by atoms with Gasteiger partial charge in [0.1, 0.15) is 0 Å². The molecule has 0 bridgehead atoms. The summed E-state index contributed by atoms with van der Waals surface area (Å²) in [5.41, 5.74) is 0.440. The van der Waals surface area contributed by atoms with Crippen LogP contribution in [0.2, 0.25) is 0 Å². The summed E-state index contributed by atoms with van der Waals surface area (Å²) < 4.78 is 1.23. The molecule has 1 saturated heterocycles. The van der Waals surface area contributed by atoms with E-state index < -0.39 is 30.3 Å². The van der Waals surface area contributed by atoms with E-state index in [4.69, 9.17) is 5.11 Å². The molecule has 1 aromatic rings. The number of rotatable bonds is 8. The fourth-order valence-electron chi connectivity index (χ4n) is 2.88. The zero-order valence-electron chi connectivity index (χ0n) is 13.1. The summed E-state index contributed by atoms with van der Waals surface area (Å²) in [6, 6.07) is -1.25. The van der Waals surface area contributed by atoms with Crippen LogP contribution in [0.4, 0.5) is 0 Å². The number of hydrogen-bond acceptors (Lipinski definition) is 7. The second kappa shape index (κ2) is 7.82. The van der Waals surface area contributed by atoms with Gasteiger partial charge in [0.05, 0.1) is 43.1 Å². The molecule has 0 saturated carbocycles. The quantitative estimate of drug-likeness (QED) is 0.373. The van der Waals surface area contributed by atoms with E-state index in [1.807, 2.05) is 0 Å². The fourth-order valence-corrected chi connectivity index (χ4v) is 2.88. The minimum Gasteiger partial charge on any atom is -0.476 e.